The van der Waals surface area contributed by atoms with Crippen molar-refractivity contribution in [3.8, 4) is 0 Å². The Balaban J connectivity index is 3.25. The Bertz CT molecular complexity index is 394. The van der Waals surface area contributed by atoms with Gasteiger partial charge in [0.05, 0.1) is 12.7 Å². The highest BCUT2D eigenvalue weighted by molar-refractivity contribution is 6.58. The summed E-state index contributed by atoms with van der Waals surface area (Å²) in [5.41, 5.74) is -1.24. The highest BCUT2D eigenvalue weighted by Gasteiger charge is 2.22. The molecule has 0 aliphatic heterocycles. The molecule has 1 rings (SSSR count). The summed E-state index contributed by atoms with van der Waals surface area (Å²) < 4.78 is 30.4. The lowest BCUT2D eigenvalue weighted by Crippen LogP contribution is -2.33. The SMILES string of the molecule is COC(=O)c1cc(F)c(B(O)O)cc1F. The Morgan fingerprint density at radius 1 is 1.33 bits per heavy atom. The van der Waals surface area contributed by atoms with Crippen molar-refractivity contribution in [2.24, 2.45) is 0 Å². The molecule has 0 saturated heterocycles. The molecular formula is C8H7BF2O4. The van der Waals surface area contributed by atoms with Crippen LogP contribution < -0.4 is 5.46 Å². The number of methoxy groups -OCH3 is 1. The normalized spacial score (nSPS) is 9.93. The van der Waals surface area contributed by atoms with Gasteiger partial charge >= 0.3 is 13.1 Å². The van der Waals surface area contributed by atoms with E-state index in [1.54, 1.807) is 0 Å². The van der Waals surface area contributed by atoms with Crippen LogP contribution in [0.2, 0.25) is 0 Å². The van der Waals surface area contributed by atoms with Crippen molar-refractivity contribution in [2.45, 2.75) is 0 Å². The second-order valence-electron chi connectivity index (χ2n) is 2.72. The summed E-state index contributed by atoms with van der Waals surface area (Å²) in [6.07, 6.45) is 0. The fraction of sp³-hybridized carbons (Fsp3) is 0.125. The third kappa shape index (κ3) is 2.31. The van der Waals surface area contributed by atoms with Crippen molar-refractivity contribution in [3.63, 3.8) is 0 Å². The first kappa shape index (κ1) is 11.6. The molecule has 2 N–H and O–H groups in total. The maximum Gasteiger partial charge on any atom is 0.491 e. The van der Waals surface area contributed by atoms with E-state index >= 15 is 0 Å². The first-order valence-corrected chi connectivity index (χ1v) is 3.90. The van der Waals surface area contributed by atoms with Gasteiger partial charge in [0, 0.05) is 5.46 Å². The first-order chi connectivity index (χ1) is 6.97. The van der Waals surface area contributed by atoms with Crippen LogP contribution in [0.25, 0.3) is 0 Å². The first-order valence-electron chi connectivity index (χ1n) is 3.90. The Labute approximate surface area is 84.2 Å². The van der Waals surface area contributed by atoms with E-state index in [2.05, 4.69) is 4.74 Å². The molecule has 7 heteroatoms. The summed E-state index contributed by atoms with van der Waals surface area (Å²) in [4.78, 5) is 10.9. The number of carbonyl (C=O) groups excluding carboxylic acids is 1. The molecule has 0 atom stereocenters. The molecule has 4 nitrogen and oxygen atoms in total. The van der Waals surface area contributed by atoms with Crippen LogP contribution in [0.4, 0.5) is 8.78 Å². The molecule has 80 valence electrons. The summed E-state index contributed by atoms with van der Waals surface area (Å²) in [5.74, 6) is -3.21. The molecule has 15 heavy (non-hydrogen) atoms. The zero-order valence-corrected chi connectivity index (χ0v) is 7.70. The smallest absolute Gasteiger partial charge is 0.465 e. The average Bonchev–Trinajstić information content (AvgIpc) is 2.19. The second kappa shape index (κ2) is 4.37. The van der Waals surface area contributed by atoms with E-state index in [-0.39, 0.29) is 0 Å². The highest BCUT2D eigenvalue weighted by atomic mass is 19.1. The van der Waals surface area contributed by atoms with Crippen LogP contribution in [0.1, 0.15) is 10.4 Å². The topological polar surface area (TPSA) is 66.8 Å². The number of rotatable bonds is 2. The molecule has 0 fully saturated rings. The molecule has 1 aromatic carbocycles. The number of hydrogen-bond acceptors (Lipinski definition) is 4. The van der Waals surface area contributed by atoms with Gasteiger partial charge in [0.15, 0.2) is 0 Å². The van der Waals surface area contributed by atoms with Gasteiger partial charge < -0.3 is 14.8 Å². The lowest BCUT2D eigenvalue weighted by molar-refractivity contribution is 0.0595. The number of benzene rings is 1. The van der Waals surface area contributed by atoms with Gasteiger partial charge in [0.2, 0.25) is 0 Å². The average molecular weight is 216 g/mol. The third-order valence-electron chi connectivity index (χ3n) is 1.77. The summed E-state index contributed by atoms with van der Waals surface area (Å²) in [5, 5.41) is 17.3. The number of ether oxygens (including phenoxy) is 1. The standard InChI is InChI=1S/C8H7BF2O4/c1-15-8(12)4-2-7(11)5(9(13)14)3-6(4)10/h2-3,13-14H,1H3. The molecule has 0 spiro atoms. The minimum atomic E-state index is -2.13. The molecule has 0 heterocycles. The van der Waals surface area contributed by atoms with Crippen molar-refractivity contribution in [3.05, 3.63) is 29.3 Å². The number of hydrogen-bond donors (Lipinski definition) is 2. The molecule has 0 aromatic heterocycles. The molecule has 0 radical (unpaired) electrons. The van der Waals surface area contributed by atoms with Gasteiger partial charge in [-0.3, -0.25) is 0 Å². The molecule has 0 bridgehead atoms. The Hall–Kier alpha value is -1.47. The van der Waals surface area contributed by atoms with Gasteiger partial charge in [0.25, 0.3) is 0 Å². The van der Waals surface area contributed by atoms with Crippen LogP contribution in [0.3, 0.4) is 0 Å². The minimum absolute atomic E-state index is 0.534. The van der Waals surface area contributed by atoms with Crippen molar-refractivity contribution < 1.29 is 28.4 Å². The van der Waals surface area contributed by atoms with E-state index in [0.717, 1.165) is 7.11 Å². The highest BCUT2D eigenvalue weighted by Crippen LogP contribution is 2.09. The van der Waals surface area contributed by atoms with Crippen molar-refractivity contribution in [1.82, 2.24) is 0 Å². The summed E-state index contributed by atoms with van der Waals surface area (Å²) >= 11 is 0. The lowest BCUT2D eigenvalue weighted by atomic mass is 9.79. The monoisotopic (exact) mass is 216 g/mol. The molecule has 0 unspecified atom stereocenters. The Morgan fingerprint density at radius 3 is 2.40 bits per heavy atom. The van der Waals surface area contributed by atoms with E-state index in [1.165, 1.54) is 0 Å². The molecule has 1 aromatic rings. The molecule has 0 aliphatic carbocycles. The maximum atomic E-state index is 13.1. The Kier molecular flexibility index (Phi) is 3.38. The molecule has 0 aliphatic rings. The van der Waals surface area contributed by atoms with Crippen LogP contribution >= 0.6 is 0 Å². The molecule has 0 saturated carbocycles. The van der Waals surface area contributed by atoms with E-state index in [9.17, 15) is 13.6 Å². The van der Waals surface area contributed by atoms with Crippen molar-refractivity contribution in [2.75, 3.05) is 7.11 Å². The quantitative estimate of drug-likeness (QED) is 0.513. The van der Waals surface area contributed by atoms with E-state index in [1.807, 2.05) is 0 Å². The van der Waals surface area contributed by atoms with Crippen molar-refractivity contribution >= 4 is 18.6 Å². The summed E-state index contributed by atoms with van der Waals surface area (Å²) in [6, 6.07) is 1.09. The van der Waals surface area contributed by atoms with E-state index < -0.39 is 35.7 Å². The van der Waals surface area contributed by atoms with Crippen LogP contribution in [-0.2, 0) is 4.74 Å². The second-order valence-corrected chi connectivity index (χ2v) is 2.72. The summed E-state index contributed by atoms with van der Waals surface area (Å²) in [6.45, 7) is 0. The van der Waals surface area contributed by atoms with Gasteiger partial charge in [-0.2, -0.15) is 0 Å². The minimum Gasteiger partial charge on any atom is -0.465 e. The number of carbonyl (C=O) groups is 1. The van der Waals surface area contributed by atoms with Gasteiger partial charge in [-0.1, -0.05) is 0 Å². The lowest BCUT2D eigenvalue weighted by Gasteiger charge is -2.05. The zero-order chi connectivity index (χ0) is 11.6. The van der Waals surface area contributed by atoms with E-state index in [0.29, 0.717) is 12.1 Å². The van der Waals surface area contributed by atoms with Crippen LogP contribution in [-0.4, -0.2) is 30.2 Å². The largest absolute Gasteiger partial charge is 0.491 e. The molecular weight excluding hydrogens is 209 g/mol. The number of halogens is 2. The van der Waals surface area contributed by atoms with Gasteiger partial charge in [-0.05, 0) is 12.1 Å². The van der Waals surface area contributed by atoms with Gasteiger partial charge in [-0.15, -0.1) is 0 Å². The zero-order valence-electron chi connectivity index (χ0n) is 7.70. The Morgan fingerprint density at radius 2 is 1.93 bits per heavy atom. The number of esters is 1. The van der Waals surface area contributed by atoms with Crippen LogP contribution in [0.5, 0.6) is 0 Å². The van der Waals surface area contributed by atoms with Crippen molar-refractivity contribution in [1.29, 1.82) is 0 Å². The molecule has 0 amide bonds. The predicted octanol–water partition coefficient (Wildman–Crippen LogP) is -0.569. The fourth-order valence-corrected chi connectivity index (χ4v) is 1.03. The fourth-order valence-electron chi connectivity index (χ4n) is 1.03. The third-order valence-corrected chi connectivity index (χ3v) is 1.77. The van der Waals surface area contributed by atoms with E-state index in [4.69, 9.17) is 10.0 Å². The predicted molar refractivity (Wildman–Crippen MR) is 47.5 cm³/mol. The van der Waals surface area contributed by atoms with Gasteiger partial charge in [0.1, 0.15) is 11.6 Å². The van der Waals surface area contributed by atoms with Gasteiger partial charge in [-0.25, -0.2) is 13.6 Å². The maximum absolute atomic E-state index is 13.1. The van der Waals surface area contributed by atoms with Crippen LogP contribution in [0.15, 0.2) is 12.1 Å². The summed E-state index contributed by atoms with van der Waals surface area (Å²) in [7, 11) is -1.11. The van der Waals surface area contributed by atoms with Crippen LogP contribution in [0, 0.1) is 11.6 Å².